The standard InChI is InChI=1S/C22H23N3O4/c1-23-22(28)29-16-7-4-6-15(14-16)19-10-5-11-24(19)12-13-25-20(26)17-8-2-3-9-18(17)21(25)27/h2-4,6-9,14,19H,5,10-13H2,1H3,(H,23,28). The van der Waals surface area contributed by atoms with Crippen LogP contribution in [0.15, 0.2) is 48.5 Å². The second-order valence-corrected chi connectivity index (χ2v) is 7.21. The molecule has 2 aromatic carbocycles. The molecule has 0 aromatic heterocycles. The molecule has 2 aliphatic rings. The molecule has 2 aliphatic heterocycles. The van der Waals surface area contributed by atoms with Crippen LogP contribution in [0, 0.1) is 0 Å². The van der Waals surface area contributed by atoms with Crippen molar-refractivity contribution in [2.24, 2.45) is 0 Å². The molecule has 0 aliphatic carbocycles. The maximum absolute atomic E-state index is 12.6. The Labute approximate surface area is 169 Å². The van der Waals surface area contributed by atoms with Gasteiger partial charge in [-0.25, -0.2) is 4.79 Å². The highest BCUT2D eigenvalue weighted by Crippen LogP contribution is 2.33. The van der Waals surface area contributed by atoms with Gasteiger partial charge in [0, 0.05) is 26.2 Å². The summed E-state index contributed by atoms with van der Waals surface area (Å²) in [6.45, 7) is 1.86. The summed E-state index contributed by atoms with van der Waals surface area (Å²) < 4.78 is 5.24. The lowest BCUT2D eigenvalue weighted by Gasteiger charge is -2.27. The summed E-state index contributed by atoms with van der Waals surface area (Å²) in [4.78, 5) is 40.2. The Morgan fingerprint density at radius 2 is 1.79 bits per heavy atom. The molecule has 0 saturated carbocycles. The highest BCUT2D eigenvalue weighted by atomic mass is 16.5. The number of likely N-dealkylation sites (tertiary alicyclic amines) is 1. The van der Waals surface area contributed by atoms with Gasteiger partial charge < -0.3 is 10.1 Å². The number of carbonyl (C=O) groups is 3. The Morgan fingerprint density at radius 3 is 2.48 bits per heavy atom. The first kappa shape index (κ1) is 19.1. The SMILES string of the molecule is CNC(=O)Oc1cccc(C2CCCN2CCN2C(=O)c3ccccc3C2=O)c1. The van der Waals surface area contributed by atoms with Crippen molar-refractivity contribution in [3.05, 3.63) is 65.2 Å². The largest absolute Gasteiger partial charge is 0.412 e. The Balaban J connectivity index is 1.44. The van der Waals surface area contributed by atoms with E-state index in [-0.39, 0.29) is 17.9 Å². The molecule has 1 N–H and O–H groups in total. The molecule has 1 saturated heterocycles. The van der Waals surface area contributed by atoms with E-state index in [1.165, 1.54) is 11.9 Å². The molecule has 1 atom stereocenters. The van der Waals surface area contributed by atoms with Crippen LogP contribution in [0.1, 0.15) is 45.2 Å². The average molecular weight is 393 g/mol. The summed E-state index contributed by atoms with van der Waals surface area (Å²) in [5.74, 6) is 0.0543. The quantitative estimate of drug-likeness (QED) is 0.791. The van der Waals surface area contributed by atoms with E-state index in [4.69, 9.17) is 4.74 Å². The number of nitrogens with zero attached hydrogens (tertiary/aromatic N) is 2. The number of nitrogens with one attached hydrogen (secondary N) is 1. The first-order chi connectivity index (χ1) is 14.1. The van der Waals surface area contributed by atoms with E-state index < -0.39 is 6.09 Å². The van der Waals surface area contributed by atoms with E-state index >= 15 is 0 Å². The zero-order chi connectivity index (χ0) is 20.4. The van der Waals surface area contributed by atoms with Gasteiger partial charge in [0.2, 0.25) is 0 Å². The van der Waals surface area contributed by atoms with Crippen molar-refractivity contribution in [3.8, 4) is 5.75 Å². The van der Waals surface area contributed by atoms with Crippen LogP contribution in [0.5, 0.6) is 5.75 Å². The topological polar surface area (TPSA) is 79.0 Å². The molecule has 2 heterocycles. The molecule has 0 radical (unpaired) electrons. The van der Waals surface area contributed by atoms with Gasteiger partial charge >= 0.3 is 6.09 Å². The monoisotopic (exact) mass is 393 g/mol. The Kier molecular flexibility index (Phi) is 5.31. The predicted octanol–water partition coefficient (Wildman–Crippen LogP) is 2.84. The molecule has 7 heteroatoms. The summed E-state index contributed by atoms with van der Waals surface area (Å²) in [5, 5.41) is 2.44. The second kappa shape index (κ2) is 8.05. The van der Waals surface area contributed by atoms with Crippen LogP contribution in [0.3, 0.4) is 0 Å². The van der Waals surface area contributed by atoms with E-state index in [0.717, 1.165) is 24.9 Å². The van der Waals surface area contributed by atoms with Crippen LogP contribution in [0.25, 0.3) is 0 Å². The zero-order valence-electron chi connectivity index (χ0n) is 16.3. The van der Waals surface area contributed by atoms with Crippen molar-refractivity contribution in [1.29, 1.82) is 0 Å². The number of imide groups is 1. The molecule has 1 unspecified atom stereocenters. The molecule has 7 nitrogen and oxygen atoms in total. The van der Waals surface area contributed by atoms with E-state index in [1.807, 2.05) is 18.2 Å². The van der Waals surface area contributed by atoms with Crippen LogP contribution in [-0.2, 0) is 0 Å². The molecular formula is C22H23N3O4. The number of amides is 3. The molecule has 1 fully saturated rings. The highest BCUT2D eigenvalue weighted by Gasteiger charge is 2.36. The number of hydrogen-bond donors (Lipinski definition) is 1. The average Bonchev–Trinajstić information content (AvgIpc) is 3.30. The van der Waals surface area contributed by atoms with Crippen LogP contribution in [0.4, 0.5) is 4.79 Å². The van der Waals surface area contributed by atoms with E-state index in [9.17, 15) is 14.4 Å². The lowest BCUT2D eigenvalue weighted by Crippen LogP contribution is -2.38. The second-order valence-electron chi connectivity index (χ2n) is 7.21. The van der Waals surface area contributed by atoms with Crippen molar-refractivity contribution in [3.63, 3.8) is 0 Å². The zero-order valence-corrected chi connectivity index (χ0v) is 16.3. The van der Waals surface area contributed by atoms with Gasteiger partial charge in [0.1, 0.15) is 5.75 Å². The summed E-state index contributed by atoms with van der Waals surface area (Å²) in [6.07, 6.45) is 1.51. The van der Waals surface area contributed by atoms with Crippen LogP contribution in [0.2, 0.25) is 0 Å². The van der Waals surface area contributed by atoms with Gasteiger partial charge in [-0.1, -0.05) is 24.3 Å². The van der Waals surface area contributed by atoms with Crippen molar-refractivity contribution in [2.45, 2.75) is 18.9 Å². The van der Waals surface area contributed by atoms with Gasteiger partial charge in [0.05, 0.1) is 11.1 Å². The Morgan fingerprint density at radius 1 is 1.07 bits per heavy atom. The minimum atomic E-state index is -0.504. The Hall–Kier alpha value is -3.19. The van der Waals surface area contributed by atoms with Gasteiger partial charge in [0.25, 0.3) is 11.8 Å². The number of hydrogen-bond acceptors (Lipinski definition) is 5. The molecule has 0 spiro atoms. The number of rotatable bonds is 5. The van der Waals surface area contributed by atoms with E-state index in [1.54, 1.807) is 30.3 Å². The lowest BCUT2D eigenvalue weighted by molar-refractivity contribution is 0.0633. The van der Waals surface area contributed by atoms with E-state index in [0.29, 0.717) is 30.0 Å². The van der Waals surface area contributed by atoms with Crippen molar-refractivity contribution < 1.29 is 19.1 Å². The minimum absolute atomic E-state index is 0.165. The molecule has 150 valence electrons. The summed E-state index contributed by atoms with van der Waals surface area (Å²) in [5.41, 5.74) is 2.02. The van der Waals surface area contributed by atoms with Gasteiger partial charge in [0.15, 0.2) is 0 Å². The maximum atomic E-state index is 12.6. The molecular weight excluding hydrogens is 370 g/mol. The minimum Gasteiger partial charge on any atom is -0.410 e. The lowest BCUT2D eigenvalue weighted by atomic mass is 10.0. The van der Waals surface area contributed by atoms with Crippen LogP contribution >= 0.6 is 0 Å². The fourth-order valence-electron chi connectivity index (χ4n) is 4.09. The van der Waals surface area contributed by atoms with Crippen molar-refractivity contribution in [2.75, 3.05) is 26.7 Å². The molecule has 3 amide bonds. The number of fused-ring (bicyclic) bond motifs is 1. The van der Waals surface area contributed by atoms with Gasteiger partial charge in [-0.2, -0.15) is 0 Å². The Bertz CT molecular complexity index is 924. The molecule has 2 aromatic rings. The van der Waals surface area contributed by atoms with E-state index in [2.05, 4.69) is 10.2 Å². The third-order valence-electron chi connectivity index (χ3n) is 5.51. The van der Waals surface area contributed by atoms with Gasteiger partial charge in [-0.15, -0.1) is 0 Å². The fraction of sp³-hybridized carbons (Fsp3) is 0.318. The normalized spacial score (nSPS) is 18.8. The van der Waals surface area contributed by atoms with Crippen molar-refractivity contribution in [1.82, 2.24) is 15.1 Å². The molecule has 29 heavy (non-hydrogen) atoms. The third kappa shape index (κ3) is 3.73. The van der Waals surface area contributed by atoms with Crippen LogP contribution < -0.4 is 10.1 Å². The maximum Gasteiger partial charge on any atom is 0.412 e. The smallest absolute Gasteiger partial charge is 0.410 e. The summed E-state index contributed by atoms with van der Waals surface area (Å²) >= 11 is 0. The van der Waals surface area contributed by atoms with Crippen LogP contribution in [-0.4, -0.2) is 54.4 Å². The fourth-order valence-corrected chi connectivity index (χ4v) is 4.09. The van der Waals surface area contributed by atoms with Gasteiger partial charge in [-0.05, 0) is 49.2 Å². The summed E-state index contributed by atoms with van der Waals surface area (Å²) in [6, 6.07) is 14.6. The summed E-state index contributed by atoms with van der Waals surface area (Å²) in [7, 11) is 1.52. The third-order valence-corrected chi connectivity index (χ3v) is 5.51. The molecule has 0 bridgehead atoms. The first-order valence-electron chi connectivity index (χ1n) is 9.77. The van der Waals surface area contributed by atoms with Crippen molar-refractivity contribution >= 4 is 17.9 Å². The number of carbonyl (C=O) groups excluding carboxylic acids is 3. The first-order valence-corrected chi connectivity index (χ1v) is 9.77. The number of ether oxygens (including phenoxy) is 1. The highest BCUT2D eigenvalue weighted by molar-refractivity contribution is 6.21. The van der Waals surface area contributed by atoms with Gasteiger partial charge in [-0.3, -0.25) is 19.4 Å². The predicted molar refractivity (Wildman–Crippen MR) is 107 cm³/mol. The number of benzene rings is 2. The molecule has 4 rings (SSSR count).